The summed E-state index contributed by atoms with van der Waals surface area (Å²) in [7, 11) is 0. The summed E-state index contributed by atoms with van der Waals surface area (Å²) in [6.07, 6.45) is 3.86. The largest absolute Gasteiger partial charge is 0.478 e. The van der Waals surface area contributed by atoms with Crippen molar-refractivity contribution in [1.29, 1.82) is 0 Å². The van der Waals surface area contributed by atoms with Gasteiger partial charge in [0.05, 0.1) is 0 Å². The predicted octanol–water partition coefficient (Wildman–Crippen LogP) is 0.747. The Balaban J connectivity index is 1.77. The zero-order chi connectivity index (χ0) is 20.4. The maximum absolute atomic E-state index is 12.6. The monoisotopic (exact) mass is 392 g/mol. The molecule has 0 aliphatic carbocycles. The Kier molecular flexibility index (Phi) is 4.96. The number of carboxylic acid groups (broad SMARTS) is 1. The highest BCUT2D eigenvalue weighted by molar-refractivity contribution is 5.85. The fourth-order valence-electron chi connectivity index (χ4n) is 3.93. The van der Waals surface area contributed by atoms with Gasteiger partial charge in [0.2, 0.25) is 11.1 Å². The van der Waals surface area contributed by atoms with Crippen LogP contribution in [-0.4, -0.2) is 28.3 Å². The second-order valence-corrected chi connectivity index (χ2v) is 7.00. The number of nitrogens with zero attached hydrogens (tertiary/aromatic N) is 2. The lowest BCUT2D eigenvalue weighted by molar-refractivity contribution is -0.145. The Hall–Kier alpha value is -3.36. The fraction of sp³-hybridized carbons (Fsp3) is 0.238. The van der Waals surface area contributed by atoms with Crippen LogP contribution in [0.15, 0.2) is 70.5 Å². The van der Waals surface area contributed by atoms with Gasteiger partial charge in [0.1, 0.15) is 5.69 Å². The van der Waals surface area contributed by atoms with Gasteiger partial charge < -0.3 is 5.11 Å². The zero-order valence-electron chi connectivity index (χ0n) is 15.5. The van der Waals surface area contributed by atoms with Crippen molar-refractivity contribution in [2.75, 3.05) is 11.6 Å². The molecule has 0 radical (unpaired) electrons. The lowest BCUT2D eigenvalue weighted by atomic mass is 9.85. The van der Waals surface area contributed by atoms with Gasteiger partial charge in [0.15, 0.2) is 0 Å². The van der Waals surface area contributed by atoms with Gasteiger partial charge in [-0.3, -0.25) is 24.9 Å². The number of hydrazine groups is 1. The third-order valence-electron chi connectivity index (χ3n) is 5.34. The molecule has 148 valence electrons. The standard InChI is InChI=1S/C21H20N4O4/c26-18-11-17(19(18)27)25(24-13-14-5-4-9-22-12-14)21(20(28)29)16(8-10-23-21)15-6-2-1-3-7-15/h1-7,9,11-12,16,23-24H,8,10,13H2,(H,28,29). The molecule has 29 heavy (non-hydrogen) atoms. The van der Waals surface area contributed by atoms with Crippen molar-refractivity contribution in [3.63, 3.8) is 0 Å². The van der Waals surface area contributed by atoms with Gasteiger partial charge in [-0.1, -0.05) is 36.4 Å². The summed E-state index contributed by atoms with van der Waals surface area (Å²) >= 11 is 0. The minimum absolute atomic E-state index is 0.0385. The molecule has 8 nitrogen and oxygen atoms in total. The Bertz CT molecular complexity index is 1080. The number of carbonyl (C=O) groups is 1. The first-order valence-corrected chi connectivity index (χ1v) is 9.30. The Morgan fingerprint density at radius 2 is 2.03 bits per heavy atom. The van der Waals surface area contributed by atoms with Crippen molar-refractivity contribution < 1.29 is 9.90 Å². The second kappa shape index (κ2) is 7.57. The summed E-state index contributed by atoms with van der Waals surface area (Å²) in [6.45, 7) is 0.692. The van der Waals surface area contributed by atoms with Crippen LogP contribution in [0.5, 0.6) is 0 Å². The van der Waals surface area contributed by atoms with E-state index in [1.807, 2.05) is 36.4 Å². The highest BCUT2D eigenvalue weighted by Gasteiger charge is 2.56. The van der Waals surface area contributed by atoms with Crippen LogP contribution in [0.3, 0.4) is 0 Å². The number of carboxylic acids is 1. The van der Waals surface area contributed by atoms with E-state index in [1.165, 1.54) is 11.1 Å². The third-order valence-corrected chi connectivity index (χ3v) is 5.34. The molecule has 8 heteroatoms. The van der Waals surface area contributed by atoms with Crippen LogP contribution in [0.25, 0.3) is 0 Å². The average Bonchev–Trinajstić information content (AvgIpc) is 3.20. The molecular weight excluding hydrogens is 372 g/mol. The van der Waals surface area contributed by atoms with E-state index in [0.717, 1.165) is 11.1 Å². The van der Waals surface area contributed by atoms with Gasteiger partial charge in [-0.15, -0.1) is 0 Å². The van der Waals surface area contributed by atoms with E-state index in [-0.39, 0.29) is 12.2 Å². The molecular formula is C21H20N4O4. The summed E-state index contributed by atoms with van der Waals surface area (Å²) < 4.78 is 0. The van der Waals surface area contributed by atoms with Gasteiger partial charge in [0, 0.05) is 30.9 Å². The van der Waals surface area contributed by atoms with Gasteiger partial charge in [-0.05, 0) is 30.2 Å². The zero-order valence-corrected chi connectivity index (χ0v) is 15.5. The number of hydrogen-bond donors (Lipinski definition) is 3. The van der Waals surface area contributed by atoms with Gasteiger partial charge in [-0.25, -0.2) is 10.2 Å². The lowest BCUT2D eigenvalue weighted by Crippen LogP contribution is -2.70. The number of rotatable bonds is 7. The van der Waals surface area contributed by atoms with E-state index in [4.69, 9.17) is 0 Å². The van der Waals surface area contributed by atoms with Crippen LogP contribution in [0.1, 0.15) is 23.5 Å². The third kappa shape index (κ3) is 3.22. The number of nitrogens with one attached hydrogen (secondary N) is 2. The quantitative estimate of drug-likeness (QED) is 0.399. The van der Waals surface area contributed by atoms with Crippen LogP contribution in [-0.2, 0) is 11.3 Å². The molecule has 3 aromatic rings. The topological polar surface area (TPSA) is 112 Å². The van der Waals surface area contributed by atoms with Crippen LogP contribution in [0.4, 0.5) is 5.69 Å². The van der Waals surface area contributed by atoms with E-state index in [9.17, 15) is 19.5 Å². The number of hydrogen-bond acceptors (Lipinski definition) is 7. The van der Waals surface area contributed by atoms with Gasteiger partial charge in [-0.2, -0.15) is 0 Å². The van der Waals surface area contributed by atoms with Crippen molar-refractivity contribution in [2.24, 2.45) is 0 Å². The van der Waals surface area contributed by atoms with E-state index in [1.54, 1.807) is 18.5 Å². The summed E-state index contributed by atoms with van der Waals surface area (Å²) in [5, 5.41) is 14.7. The number of aliphatic carboxylic acids is 1. The van der Waals surface area contributed by atoms with Crippen molar-refractivity contribution in [3.05, 3.63) is 92.5 Å². The van der Waals surface area contributed by atoms with Crippen LogP contribution >= 0.6 is 0 Å². The average molecular weight is 392 g/mol. The number of benzene rings is 1. The molecule has 0 bridgehead atoms. The Morgan fingerprint density at radius 3 is 2.66 bits per heavy atom. The number of pyridine rings is 1. The molecule has 1 aliphatic rings. The molecule has 0 amide bonds. The first-order chi connectivity index (χ1) is 14.0. The molecule has 2 aromatic carbocycles. The maximum atomic E-state index is 12.6. The van der Waals surface area contributed by atoms with Crippen LogP contribution in [0, 0.1) is 0 Å². The predicted molar refractivity (Wildman–Crippen MR) is 107 cm³/mol. The highest BCUT2D eigenvalue weighted by Crippen LogP contribution is 2.39. The Labute approximate surface area is 166 Å². The highest BCUT2D eigenvalue weighted by atomic mass is 16.4. The maximum Gasteiger partial charge on any atom is 0.346 e. The Morgan fingerprint density at radius 1 is 1.24 bits per heavy atom. The molecule has 3 N–H and O–H groups in total. The van der Waals surface area contributed by atoms with Crippen molar-refractivity contribution in [3.8, 4) is 0 Å². The number of anilines is 1. The minimum atomic E-state index is -1.62. The molecule has 1 fully saturated rings. The molecule has 1 saturated heterocycles. The molecule has 2 atom stereocenters. The summed E-state index contributed by atoms with van der Waals surface area (Å²) in [5.74, 6) is -1.57. The van der Waals surface area contributed by atoms with Crippen LogP contribution in [0.2, 0.25) is 0 Å². The van der Waals surface area contributed by atoms with Crippen molar-refractivity contribution >= 4 is 11.7 Å². The molecule has 2 unspecified atom stereocenters. The van der Waals surface area contributed by atoms with Gasteiger partial charge in [0.25, 0.3) is 5.43 Å². The van der Waals surface area contributed by atoms with E-state index in [2.05, 4.69) is 15.7 Å². The molecule has 1 aromatic heterocycles. The summed E-state index contributed by atoms with van der Waals surface area (Å²) in [4.78, 5) is 40.5. The summed E-state index contributed by atoms with van der Waals surface area (Å²) in [6, 6.07) is 14.1. The van der Waals surface area contributed by atoms with E-state index >= 15 is 0 Å². The van der Waals surface area contributed by atoms with Crippen LogP contribution < -0.4 is 26.6 Å². The van der Waals surface area contributed by atoms with Crippen molar-refractivity contribution in [2.45, 2.75) is 24.5 Å². The first-order valence-electron chi connectivity index (χ1n) is 9.30. The molecule has 1 aliphatic heterocycles. The lowest BCUT2D eigenvalue weighted by Gasteiger charge is -2.43. The molecule has 0 spiro atoms. The normalized spacial score (nSPS) is 21.3. The number of aromatic nitrogens is 1. The van der Waals surface area contributed by atoms with Gasteiger partial charge >= 0.3 is 5.97 Å². The molecule has 0 saturated carbocycles. The first kappa shape index (κ1) is 19.0. The minimum Gasteiger partial charge on any atom is -0.478 e. The van der Waals surface area contributed by atoms with E-state index < -0.39 is 28.4 Å². The second-order valence-electron chi connectivity index (χ2n) is 7.00. The molecule has 4 rings (SSSR count). The van der Waals surface area contributed by atoms with Crippen molar-refractivity contribution in [1.82, 2.24) is 15.7 Å². The fourth-order valence-corrected chi connectivity index (χ4v) is 3.93. The molecule has 2 heterocycles. The smallest absolute Gasteiger partial charge is 0.346 e. The van der Waals surface area contributed by atoms with E-state index in [0.29, 0.717) is 13.0 Å². The summed E-state index contributed by atoms with van der Waals surface area (Å²) in [5.41, 5.74) is 1.79. The SMILES string of the molecule is O=C(O)C1(N(NCc2cccnc2)c2cc(=O)c2=O)NCCC1c1ccccc1.